The van der Waals surface area contributed by atoms with Gasteiger partial charge in [0, 0.05) is 10.5 Å². The molecule has 4 nitrogen and oxygen atoms in total. The smallest absolute Gasteiger partial charge is 0.238 e. The van der Waals surface area contributed by atoms with E-state index in [-0.39, 0.29) is 22.8 Å². The zero-order valence-corrected chi connectivity index (χ0v) is 13.3. The second-order valence-corrected chi connectivity index (χ2v) is 6.64. The summed E-state index contributed by atoms with van der Waals surface area (Å²) in [5, 5.41) is 19.2. The molecule has 0 radical (unpaired) electrons. The molecule has 1 saturated heterocycles. The molecule has 2 aromatic rings. The first-order valence-corrected chi connectivity index (χ1v) is 8.11. The maximum atomic E-state index is 12.2. The minimum atomic E-state index is -0.189. The first-order chi connectivity index (χ1) is 10.1. The van der Waals surface area contributed by atoms with E-state index in [1.807, 2.05) is 24.3 Å². The molecule has 0 aromatic heterocycles. The monoisotopic (exact) mass is 365 g/mol. The zero-order valence-electron chi connectivity index (χ0n) is 10.9. The number of hydrogen-bond donors (Lipinski definition) is 2. The topological polar surface area (TPSA) is 60.8 Å². The first kappa shape index (κ1) is 14.3. The van der Waals surface area contributed by atoms with E-state index in [9.17, 15) is 15.0 Å². The summed E-state index contributed by atoms with van der Waals surface area (Å²) in [6.07, 6.45) is 0. The molecule has 0 saturated carbocycles. The quantitative estimate of drug-likeness (QED) is 0.852. The van der Waals surface area contributed by atoms with Gasteiger partial charge in [0.1, 0.15) is 16.9 Å². The van der Waals surface area contributed by atoms with Crippen LogP contribution in [0.15, 0.2) is 46.9 Å². The van der Waals surface area contributed by atoms with Crippen LogP contribution in [0.3, 0.4) is 0 Å². The van der Waals surface area contributed by atoms with Crippen LogP contribution < -0.4 is 4.90 Å². The lowest BCUT2D eigenvalue weighted by Crippen LogP contribution is -2.27. The number of benzene rings is 2. The third-order valence-electron chi connectivity index (χ3n) is 3.22. The number of thioether (sulfide) groups is 1. The second kappa shape index (κ2) is 5.61. The molecule has 1 fully saturated rings. The minimum Gasteiger partial charge on any atom is -0.508 e. The Morgan fingerprint density at radius 1 is 1.19 bits per heavy atom. The standard InChI is InChI=1S/C15H12BrNO3S/c16-10-3-1-2-9(6-10)15-17(14(20)8-21-15)12-5-4-11(18)7-13(12)19/h1-7,15,18-19H,8H2. The van der Waals surface area contributed by atoms with Crippen molar-refractivity contribution >= 4 is 39.3 Å². The van der Waals surface area contributed by atoms with Gasteiger partial charge in [-0.05, 0) is 29.8 Å². The number of aromatic hydroxyl groups is 2. The van der Waals surface area contributed by atoms with Crippen LogP contribution in [0, 0.1) is 0 Å². The van der Waals surface area contributed by atoms with Crippen molar-refractivity contribution < 1.29 is 15.0 Å². The number of phenolic OH excluding ortho intramolecular Hbond substituents is 2. The van der Waals surface area contributed by atoms with Crippen molar-refractivity contribution in [2.45, 2.75) is 5.37 Å². The number of anilines is 1. The Labute approximate surface area is 134 Å². The highest BCUT2D eigenvalue weighted by molar-refractivity contribution is 9.10. The summed E-state index contributed by atoms with van der Waals surface area (Å²) in [5.74, 6) is 0.156. The van der Waals surface area contributed by atoms with E-state index in [0.29, 0.717) is 11.4 Å². The van der Waals surface area contributed by atoms with Gasteiger partial charge >= 0.3 is 0 Å². The van der Waals surface area contributed by atoms with Gasteiger partial charge in [0.2, 0.25) is 5.91 Å². The highest BCUT2D eigenvalue weighted by Crippen LogP contribution is 2.45. The molecule has 1 aliphatic rings. The molecule has 1 amide bonds. The average Bonchev–Trinajstić information content (AvgIpc) is 2.81. The third kappa shape index (κ3) is 2.73. The van der Waals surface area contributed by atoms with Gasteiger partial charge in [-0.2, -0.15) is 0 Å². The van der Waals surface area contributed by atoms with Crippen molar-refractivity contribution in [3.63, 3.8) is 0 Å². The largest absolute Gasteiger partial charge is 0.508 e. The summed E-state index contributed by atoms with van der Waals surface area (Å²) < 4.78 is 0.940. The molecule has 1 aliphatic heterocycles. The number of nitrogens with zero attached hydrogens (tertiary/aromatic N) is 1. The lowest BCUT2D eigenvalue weighted by Gasteiger charge is -2.25. The highest BCUT2D eigenvalue weighted by atomic mass is 79.9. The van der Waals surface area contributed by atoms with Crippen LogP contribution >= 0.6 is 27.7 Å². The molecule has 1 unspecified atom stereocenters. The Hall–Kier alpha value is -1.66. The number of amides is 1. The number of hydrogen-bond acceptors (Lipinski definition) is 4. The van der Waals surface area contributed by atoms with Gasteiger partial charge in [0.25, 0.3) is 0 Å². The number of carbonyl (C=O) groups is 1. The van der Waals surface area contributed by atoms with Gasteiger partial charge in [-0.3, -0.25) is 9.69 Å². The Morgan fingerprint density at radius 3 is 2.71 bits per heavy atom. The predicted octanol–water partition coefficient (Wildman–Crippen LogP) is 3.64. The van der Waals surface area contributed by atoms with Gasteiger partial charge in [0.15, 0.2) is 0 Å². The molecular weight excluding hydrogens is 354 g/mol. The molecule has 3 rings (SSSR count). The summed E-state index contributed by atoms with van der Waals surface area (Å²) in [5.41, 5.74) is 1.39. The number of halogens is 1. The second-order valence-electron chi connectivity index (χ2n) is 4.66. The lowest BCUT2D eigenvalue weighted by atomic mass is 10.2. The van der Waals surface area contributed by atoms with Crippen LogP contribution in [0.1, 0.15) is 10.9 Å². The summed E-state index contributed by atoms with van der Waals surface area (Å²) in [7, 11) is 0. The predicted molar refractivity (Wildman–Crippen MR) is 86.6 cm³/mol. The molecule has 2 aromatic carbocycles. The van der Waals surface area contributed by atoms with Crippen molar-refractivity contribution in [3.8, 4) is 11.5 Å². The van der Waals surface area contributed by atoms with E-state index in [1.54, 1.807) is 11.0 Å². The van der Waals surface area contributed by atoms with E-state index in [1.165, 1.54) is 23.9 Å². The van der Waals surface area contributed by atoms with Crippen LogP contribution in [0.25, 0.3) is 0 Å². The maximum Gasteiger partial charge on any atom is 0.238 e. The van der Waals surface area contributed by atoms with Crippen LogP contribution in [-0.2, 0) is 4.79 Å². The Kier molecular flexibility index (Phi) is 3.82. The molecule has 0 bridgehead atoms. The SMILES string of the molecule is O=C1CSC(c2cccc(Br)c2)N1c1ccc(O)cc1O. The number of carbonyl (C=O) groups excluding carboxylic acids is 1. The van der Waals surface area contributed by atoms with Gasteiger partial charge in [0.05, 0.1) is 11.4 Å². The minimum absolute atomic E-state index is 0.0328. The Balaban J connectivity index is 2.04. The molecule has 0 spiro atoms. The summed E-state index contributed by atoms with van der Waals surface area (Å²) in [6.45, 7) is 0. The van der Waals surface area contributed by atoms with E-state index in [4.69, 9.17) is 0 Å². The van der Waals surface area contributed by atoms with Crippen LogP contribution in [0.5, 0.6) is 11.5 Å². The number of phenols is 2. The van der Waals surface area contributed by atoms with Gasteiger partial charge in [-0.15, -0.1) is 11.8 Å². The van der Waals surface area contributed by atoms with Crippen LogP contribution in [0.2, 0.25) is 0 Å². The summed E-state index contributed by atoms with van der Waals surface area (Å²) in [4.78, 5) is 13.8. The average molecular weight is 366 g/mol. The number of rotatable bonds is 2. The molecule has 6 heteroatoms. The molecule has 0 aliphatic carbocycles. The van der Waals surface area contributed by atoms with Gasteiger partial charge < -0.3 is 10.2 Å². The van der Waals surface area contributed by atoms with E-state index < -0.39 is 0 Å². The third-order valence-corrected chi connectivity index (χ3v) is 4.93. The van der Waals surface area contributed by atoms with Gasteiger partial charge in [-0.25, -0.2) is 0 Å². The molecule has 1 heterocycles. The van der Waals surface area contributed by atoms with Crippen molar-refractivity contribution in [1.82, 2.24) is 0 Å². The Bertz CT molecular complexity index is 707. The van der Waals surface area contributed by atoms with Crippen molar-refractivity contribution in [1.29, 1.82) is 0 Å². The van der Waals surface area contributed by atoms with E-state index >= 15 is 0 Å². The molecular formula is C15H12BrNO3S. The molecule has 21 heavy (non-hydrogen) atoms. The van der Waals surface area contributed by atoms with Crippen molar-refractivity contribution in [2.75, 3.05) is 10.7 Å². The maximum absolute atomic E-state index is 12.2. The van der Waals surface area contributed by atoms with Crippen LogP contribution in [-0.4, -0.2) is 21.9 Å². The van der Waals surface area contributed by atoms with Crippen molar-refractivity contribution in [2.24, 2.45) is 0 Å². The summed E-state index contributed by atoms with van der Waals surface area (Å²) in [6, 6.07) is 12.0. The fourth-order valence-corrected chi connectivity index (χ4v) is 3.88. The molecule has 2 N–H and O–H groups in total. The molecule has 1 atom stereocenters. The highest BCUT2D eigenvalue weighted by Gasteiger charge is 2.35. The normalized spacial score (nSPS) is 18.2. The summed E-state index contributed by atoms with van der Waals surface area (Å²) >= 11 is 4.94. The van der Waals surface area contributed by atoms with Crippen molar-refractivity contribution in [3.05, 3.63) is 52.5 Å². The Morgan fingerprint density at radius 2 is 2.00 bits per heavy atom. The molecule has 108 valence electrons. The fraction of sp³-hybridized carbons (Fsp3) is 0.133. The lowest BCUT2D eigenvalue weighted by molar-refractivity contribution is -0.115. The van der Waals surface area contributed by atoms with Gasteiger partial charge in [-0.1, -0.05) is 28.1 Å². The van der Waals surface area contributed by atoms with E-state index in [0.717, 1.165) is 10.0 Å². The zero-order chi connectivity index (χ0) is 15.0. The fourth-order valence-electron chi connectivity index (χ4n) is 2.31. The first-order valence-electron chi connectivity index (χ1n) is 6.27. The van der Waals surface area contributed by atoms with E-state index in [2.05, 4.69) is 15.9 Å². The van der Waals surface area contributed by atoms with Crippen LogP contribution in [0.4, 0.5) is 5.69 Å².